The summed E-state index contributed by atoms with van der Waals surface area (Å²) in [6, 6.07) is 0.431. The molecular weight excluding hydrogens is 372 g/mol. The molecule has 0 unspecified atom stereocenters. The van der Waals surface area contributed by atoms with Gasteiger partial charge in [0.15, 0.2) is 10.9 Å². The smallest absolute Gasteiger partial charge is 0.248 e. The van der Waals surface area contributed by atoms with Gasteiger partial charge in [-0.05, 0) is 44.8 Å². The highest BCUT2D eigenvalue weighted by Gasteiger charge is 2.34. The molecule has 1 N–H and O–H groups in total. The molecule has 1 aliphatic carbocycles. The Morgan fingerprint density at radius 2 is 1.85 bits per heavy atom. The maximum absolute atomic E-state index is 12.9. The largest absolute Gasteiger partial charge is 0.360 e. The van der Waals surface area contributed by atoms with Crippen LogP contribution in [0.5, 0.6) is 0 Å². The van der Waals surface area contributed by atoms with E-state index in [0.717, 1.165) is 11.5 Å². The summed E-state index contributed by atoms with van der Waals surface area (Å²) in [5, 5.41) is 8.02. The van der Waals surface area contributed by atoms with Crippen LogP contribution < -0.4 is 5.32 Å². The van der Waals surface area contributed by atoms with E-state index in [0.29, 0.717) is 49.6 Å². The molecule has 2 fully saturated rings. The third kappa shape index (κ3) is 3.89. The average molecular weight is 401 g/mol. The zero-order chi connectivity index (χ0) is 18.9. The summed E-state index contributed by atoms with van der Waals surface area (Å²) in [6.07, 6.45) is 4.93. The van der Waals surface area contributed by atoms with Gasteiger partial charge < -0.3 is 14.7 Å². The number of aryl methyl sites for hydroxylation is 2. The van der Waals surface area contributed by atoms with E-state index >= 15 is 0 Å². The van der Waals surface area contributed by atoms with E-state index in [4.69, 9.17) is 16.7 Å². The quantitative estimate of drug-likeness (QED) is 0.778. The third-order valence-corrected chi connectivity index (χ3v) is 8.03. The van der Waals surface area contributed by atoms with Crippen molar-refractivity contribution in [2.24, 2.45) is 5.92 Å². The van der Waals surface area contributed by atoms with E-state index < -0.39 is 10.0 Å². The molecule has 9 heteroatoms. The molecule has 1 saturated heterocycles. The highest BCUT2D eigenvalue weighted by Crippen LogP contribution is 2.25. The van der Waals surface area contributed by atoms with Gasteiger partial charge in [-0.3, -0.25) is 0 Å². The van der Waals surface area contributed by atoms with Gasteiger partial charge in [-0.15, -0.1) is 0 Å². The first-order valence-corrected chi connectivity index (χ1v) is 11.1. The van der Waals surface area contributed by atoms with Crippen LogP contribution in [0.3, 0.4) is 0 Å². The van der Waals surface area contributed by atoms with Gasteiger partial charge in [0.25, 0.3) is 0 Å². The standard InChI is InChI=1S/C17H28N4O3S2/c1-12-6-4-5-7-15(12)18-17(25)20-8-10-21(11-9-20)26(22,23)16-13(2)19-24-14(16)3/h12,15H,4-11H2,1-3H3,(H,18,25)/t12-,15-/m0/s1. The minimum absolute atomic E-state index is 0.197. The fourth-order valence-corrected chi connectivity index (χ4v) is 5.93. The predicted molar refractivity (Wildman–Crippen MR) is 103 cm³/mol. The topological polar surface area (TPSA) is 78.7 Å². The number of piperazine rings is 1. The lowest BCUT2D eigenvalue weighted by Crippen LogP contribution is -2.55. The minimum atomic E-state index is -3.58. The molecule has 26 heavy (non-hydrogen) atoms. The lowest BCUT2D eigenvalue weighted by atomic mass is 9.86. The van der Waals surface area contributed by atoms with Crippen molar-refractivity contribution in [2.75, 3.05) is 26.2 Å². The highest BCUT2D eigenvalue weighted by atomic mass is 32.2. The predicted octanol–water partition coefficient (Wildman–Crippen LogP) is 2.05. The zero-order valence-corrected chi connectivity index (χ0v) is 17.3. The molecule has 0 spiro atoms. The maximum atomic E-state index is 12.9. The Hall–Kier alpha value is -1.19. The molecule has 1 aromatic heterocycles. The van der Waals surface area contributed by atoms with Gasteiger partial charge in [0, 0.05) is 32.2 Å². The van der Waals surface area contributed by atoms with Gasteiger partial charge in [-0.2, -0.15) is 4.31 Å². The minimum Gasteiger partial charge on any atom is -0.360 e. The molecule has 1 aromatic rings. The highest BCUT2D eigenvalue weighted by molar-refractivity contribution is 7.89. The molecule has 0 bridgehead atoms. The number of hydrogen-bond donors (Lipinski definition) is 1. The second kappa shape index (κ2) is 7.82. The van der Waals surface area contributed by atoms with Gasteiger partial charge in [-0.1, -0.05) is 24.9 Å². The normalized spacial score (nSPS) is 25.3. The van der Waals surface area contributed by atoms with Crippen LogP contribution in [0.25, 0.3) is 0 Å². The summed E-state index contributed by atoms with van der Waals surface area (Å²) in [5.41, 5.74) is 0.411. The lowest BCUT2D eigenvalue weighted by Gasteiger charge is -2.38. The first-order valence-electron chi connectivity index (χ1n) is 9.29. The fourth-order valence-electron chi connectivity index (χ4n) is 3.88. The van der Waals surface area contributed by atoms with Crippen molar-refractivity contribution in [3.05, 3.63) is 11.5 Å². The van der Waals surface area contributed by atoms with Crippen LogP contribution >= 0.6 is 12.2 Å². The summed E-state index contributed by atoms with van der Waals surface area (Å²) in [4.78, 5) is 2.28. The molecule has 0 aromatic carbocycles. The molecule has 146 valence electrons. The molecule has 1 aliphatic heterocycles. The number of nitrogens with zero attached hydrogens (tertiary/aromatic N) is 3. The van der Waals surface area contributed by atoms with E-state index in [-0.39, 0.29) is 4.90 Å². The molecular formula is C17H28N4O3S2. The number of sulfonamides is 1. The van der Waals surface area contributed by atoms with Gasteiger partial charge in [0.05, 0.1) is 0 Å². The van der Waals surface area contributed by atoms with Crippen molar-refractivity contribution in [3.8, 4) is 0 Å². The van der Waals surface area contributed by atoms with Gasteiger partial charge in [0.2, 0.25) is 10.0 Å². The van der Waals surface area contributed by atoms with Crippen molar-refractivity contribution in [1.29, 1.82) is 0 Å². The molecule has 2 atom stereocenters. The molecule has 0 amide bonds. The van der Waals surface area contributed by atoms with Crippen molar-refractivity contribution in [2.45, 2.75) is 57.4 Å². The SMILES string of the molecule is Cc1noc(C)c1S(=O)(=O)N1CCN(C(=S)N[C@H]2CCCC[C@@H]2C)CC1. The first kappa shape index (κ1) is 19.6. The molecule has 2 aliphatic rings. The number of hydrogen-bond acceptors (Lipinski definition) is 5. The summed E-state index contributed by atoms with van der Waals surface area (Å²) in [7, 11) is -3.58. The molecule has 2 heterocycles. The van der Waals surface area contributed by atoms with Gasteiger partial charge in [0.1, 0.15) is 10.6 Å². The molecule has 0 radical (unpaired) electrons. The first-order chi connectivity index (χ1) is 12.3. The third-order valence-electron chi connectivity index (χ3n) is 5.51. The summed E-state index contributed by atoms with van der Waals surface area (Å²) in [5.74, 6) is 0.969. The van der Waals surface area contributed by atoms with E-state index in [1.807, 2.05) is 0 Å². The van der Waals surface area contributed by atoms with Crippen molar-refractivity contribution in [1.82, 2.24) is 19.7 Å². The number of thiocarbonyl (C=S) groups is 1. The molecule has 7 nitrogen and oxygen atoms in total. The van der Waals surface area contributed by atoms with E-state index in [1.54, 1.807) is 13.8 Å². The van der Waals surface area contributed by atoms with Crippen LogP contribution in [0.4, 0.5) is 0 Å². The van der Waals surface area contributed by atoms with Crippen molar-refractivity contribution < 1.29 is 12.9 Å². The second-order valence-corrected chi connectivity index (χ2v) is 9.62. The van der Waals surface area contributed by atoms with Crippen LogP contribution in [0.15, 0.2) is 9.42 Å². The number of aromatic nitrogens is 1. The Bertz CT molecular complexity index is 735. The Morgan fingerprint density at radius 1 is 1.19 bits per heavy atom. The molecule has 1 saturated carbocycles. The van der Waals surface area contributed by atoms with Crippen LogP contribution in [0.1, 0.15) is 44.1 Å². The van der Waals surface area contributed by atoms with Gasteiger partial charge >= 0.3 is 0 Å². The summed E-state index contributed by atoms with van der Waals surface area (Å²) >= 11 is 5.58. The Balaban J connectivity index is 1.59. The van der Waals surface area contributed by atoms with Gasteiger partial charge in [-0.25, -0.2) is 8.42 Å². The van der Waals surface area contributed by atoms with E-state index in [1.165, 1.54) is 23.6 Å². The summed E-state index contributed by atoms with van der Waals surface area (Å²) < 4.78 is 32.3. The van der Waals surface area contributed by atoms with Crippen LogP contribution in [0.2, 0.25) is 0 Å². The average Bonchev–Trinajstić information content (AvgIpc) is 2.96. The van der Waals surface area contributed by atoms with Crippen molar-refractivity contribution in [3.63, 3.8) is 0 Å². The Labute approximate surface area is 161 Å². The Morgan fingerprint density at radius 3 is 2.42 bits per heavy atom. The number of nitrogens with one attached hydrogen (secondary N) is 1. The molecule has 3 rings (SSSR count). The van der Waals surface area contributed by atoms with Crippen LogP contribution in [-0.4, -0.2) is 60.1 Å². The number of rotatable bonds is 3. The monoisotopic (exact) mass is 400 g/mol. The summed E-state index contributed by atoms with van der Waals surface area (Å²) in [6.45, 7) is 7.57. The Kier molecular flexibility index (Phi) is 5.88. The van der Waals surface area contributed by atoms with Crippen LogP contribution in [-0.2, 0) is 10.0 Å². The lowest BCUT2D eigenvalue weighted by molar-refractivity contribution is 0.251. The van der Waals surface area contributed by atoms with E-state index in [9.17, 15) is 8.42 Å². The second-order valence-electron chi connectivity index (χ2n) is 7.36. The fraction of sp³-hybridized carbons (Fsp3) is 0.765. The van der Waals surface area contributed by atoms with Crippen molar-refractivity contribution >= 4 is 27.4 Å². The van der Waals surface area contributed by atoms with E-state index in [2.05, 4.69) is 22.3 Å². The zero-order valence-electron chi connectivity index (χ0n) is 15.7. The van der Waals surface area contributed by atoms with Crippen LogP contribution in [0, 0.1) is 19.8 Å². The maximum Gasteiger partial charge on any atom is 0.248 e.